The third kappa shape index (κ3) is 16.4. The van der Waals surface area contributed by atoms with Gasteiger partial charge in [-0.1, -0.05) is 84.9 Å². The van der Waals surface area contributed by atoms with Crippen LogP contribution in [0.3, 0.4) is 0 Å². The Hall–Kier alpha value is -7.36. The van der Waals surface area contributed by atoms with E-state index in [1.165, 1.54) is 0 Å². The highest BCUT2D eigenvalue weighted by Gasteiger charge is 2.93. The number of para-hydroxylation sites is 4. The highest BCUT2D eigenvalue weighted by molar-refractivity contribution is 7.97. The number of rotatable bonds is 20. The Morgan fingerprint density at radius 2 is 0.478 bits per heavy atom. The van der Waals surface area contributed by atoms with Gasteiger partial charge in [0.25, 0.3) is 33.4 Å². The maximum Gasteiger partial charge on any atom is 0.433 e. The van der Waals surface area contributed by atoms with Gasteiger partial charge in [0, 0.05) is 45.3 Å². The molecule has 14 nitrogen and oxygen atoms in total. The van der Waals surface area contributed by atoms with E-state index in [2.05, 4.69) is 0 Å². The van der Waals surface area contributed by atoms with Crippen molar-refractivity contribution in [2.45, 2.75) is 226 Å². The van der Waals surface area contributed by atoms with E-state index < -0.39 is 231 Å². The average molecular weight is 2040 g/mol. The molecular weight excluding hydrogens is 1970 g/mol. The molecule has 4 aliphatic heterocycles. The van der Waals surface area contributed by atoms with E-state index in [4.69, 9.17) is 37.9 Å². The van der Waals surface area contributed by atoms with Crippen molar-refractivity contribution in [3.63, 3.8) is 0 Å². The molecule has 6 aromatic rings. The molecule has 0 aromatic heterocycles. The Morgan fingerprint density at radius 3 is 0.642 bits per heavy atom. The molecule has 0 amide bonds. The van der Waals surface area contributed by atoms with Gasteiger partial charge in [0.15, 0.2) is 32.8 Å². The van der Waals surface area contributed by atoms with Gasteiger partial charge < -0.3 is 47.0 Å². The van der Waals surface area contributed by atoms with Crippen LogP contribution >= 0.6 is 0 Å². The van der Waals surface area contributed by atoms with Crippen molar-refractivity contribution in [3.8, 4) is 23.0 Å². The van der Waals surface area contributed by atoms with Crippen LogP contribution in [0.5, 0.6) is 23.0 Å². The first kappa shape index (κ1) is 101. The van der Waals surface area contributed by atoms with E-state index in [1.54, 1.807) is 133 Å². The zero-order chi connectivity index (χ0) is 98.4. The molecular formula is C84H72F32O14S4. The molecule has 12 fully saturated rings. The van der Waals surface area contributed by atoms with Crippen molar-refractivity contribution in [1.82, 2.24) is 0 Å². The van der Waals surface area contributed by atoms with Gasteiger partial charge in [-0.15, -0.1) is 0 Å². The van der Waals surface area contributed by atoms with Crippen LogP contribution in [0.15, 0.2) is 187 Å². The number of hydrogen-bond acceptors (Lipinski definition) is 14. The molecule has 18 atom stereocenters. The minimum atomic E-state index is -5.90. The van der Waals surface area contributed by atoms with Crippen LogP contribution < -0.4 is 18.9 Å². The maximum atomic E-state index is 14.1. The minimum Gasteiger partial charge on any atom is -0.745 e. The summed E-state index contributed by atoms with van der Waals surface area (Å²) in [6.07, 6.45) is -59.3. The number of hydrogen-bond donors (Lipinski definition) is 0. The van der Waals surface area contributed by atoms with Gasteiger partial charge >= 0.3 is 61.8 Å². The van der Waals surface area contributed by atoms with Crippen molar-refractivity contribution >= 4 is 42.0 Å². The van der Waals surface area contributed by atoms with Gasteiger partial charge in [-0.2, -0.15) is 132 Å². The number of benzene rings is 6. The first-order valence-electron chi connectivity index (χ1n) is 40.7. The van der Waals surface area contributed by atoms with Crippen molar-refractivity contribution in [3.05, 3.63) is 158 Å². The monoisotopic (exact) mass is 2040 g/mol. The summed E-state index contributed by atoms with van der Waals surface area (Å²) in [6, 6.07) is 45.7. The molecule has 740 valence electrons. The van der Waals surface area contributed by atoms with Crippen molar-refractivity contribution < 1.29 is 204 Å². The fourth-order valence-corrected chi connectivity index (χ4v) is 28.1. The smallest absolute Gasteiger partial charge is 0.433 e. The van der Waals surface area contributed by atoms with E-state index in [0.29, 0.717) is 68.3 Å². The zero-order valence-corrected chi connectivity index (χ0v) is 71.1. The van der Waals surface area contributed by atoms with Gasteiger partial charge in [-0.05, 0) is 174 Å². The molecule has 4 saturated heterocycles. The highest BCUT2D eigenvalue weighted by atomic mass is 32.2. The quantitative estimate of drug-likeness (QED) is 0.0399. The summed E-state index contributed by atoms with van der Waals surface area (Å²) in [7, 11) is -13.9. The van der Waals surface area contributed by atoms with Crippen LogP contribution in [-0.2, 0) is 61.0 Å². The summed E-state index contributed by atoms with van der Waals surface area (Å²) in [4.78, 5) is 3.98. The van der Waals surface area contributed by atoms with E-state index in [-0.39, 0.29) is 77.8 Å². The molecule has 18 rings (SSSR count). The lowest BCUT2D eigenvalue weighted by molar-refractivity contribution is -0.476. The normalized spacial score (nSPS) is 31.4. The Balaban J connectivity index is 0.000000170. The van der Waals surface area contributed by atoms with E-state index in [0.717, 1.165) is 9.79 Å². The summed E-state index contributed by atoms with van der Waals surface area (Å²) >= 11 is 0. The third-order valence-electron chi connectivity index (χ3n) is 28.3. The van der Waals surface area contributed by atoms with Crippen LogP contribution in [0.4, 0.5) is 140 Å². The first-order chi connectivity index (χ1) is 61.7. The zero-order valence-electron chi connectivity index (χ0n) is 67.9. The molecule has 0 spiro atoms. The molecule has 6 aromatic carbocycles. The second-order valence-electron chi connectivity index (χ2n) is 35.5. The summed E-state index contributed by atoms with van der Waals surface area (Å²) in [5.41, 5.74) is -29.8. The molecule has 0 radical (unpaired) electrons. The molecule has 8 aliphatic carbocycles. The SMILES string of the molecule is FC(F)(F)C1(C(F)(F)F)OC2C1C1CCC2(COc2ccccc2[S+](c2ccccc2)c2ccccc2OCC23CCC(C2)C2C3OC2(C(F)(F)F)C(F)(F)F)C1.FC(F)(F)C1(C(F)(F)F)OC2C1C1CCC2(COc2ccccc2[S+](c2ccccc2)c2ccccc2OCC23CCC(C2)C2C3OC2(C(F)(F)F)C(F)(F)F)C1.O=S(=O)([O-])C(F)C(F)(F)F.O=S(=O)([O-])C(F)C(F)(F)F. The third-order valence-corrected chi connectivity index (χ3v) is 34.4. The molecule has 134 heavy (non-hydrogen) atoms. The van der Waals surface area contributed by atoms with Crippen molar-refractivity contribution in [1.29, 1.82) is 0 Å². The maximum absolute atomic E-state index is 14.1. The predicted octanol–water partition coefficient (Wildman–Crippen LogP) is 22.6. The minimum absolute atomic E-state index is 0.0840. The van der Waals surface area contributed by atoms with E-state index in [1.807, 2.05) is 24.3 Å². The van der Waals surface area contributed by atoms with Crippen LogP contribution in [-0.4, -0.2) is 172 Å². The standard InChI is InChI=1S/2C40H35F12O4S.2C2H2F4O3S/c2*41-37(42,43)35(38(44,45)46)29-22-14-16-33(18-22,31(29)55-35)20-53-25-10-4-6-12-27(25)57(24-8-2-1-3-9-24)28-13-7-5-11-26(28)54-21-34-17-15-23(19-34)30-32(34)56-36(30,39(47,48)49)40(50,51)52;2*3-1(2(4,5)6)10(7,8)9/h2*1-13,22-23,29-32H,14-21H2;2*1H,(H,7,8,9)/q2*+1;;/p-2. The fraction of sp³-hybridized carbons (Fsp3) is 0.571. The van der Waals surface area contributed by atoms with Gasteiger partial charge in [0.2, 0.25) is 19.6 Å². The lowest BCUT2D eigenvalue weighted by Crippen LogP contribution is -2.77. The van der Waals surface area contributed by atoms with E-state index >= 15 is 0 Å². The van der Waals surface area contributed by atoms with Crippen molar-refractivity contribution in [2.75, 3.05) is 26.4 Å². The Morgan fingerprint density at radius 1 is 0.299 bits per heavy atom. The van der Waals surface area contributed by atoms with Crippen LogP contribution in [0.1, 0.15) is 77.0 Å². The summed E-state index contributed by atoms with van der Waals surface area (Å²) in [5, 5.41) is 0. The summed E-state index contributed by atoms with van der Waals surface area (Å²) < 4.78 is 527. The summed E-state index contributed by atoms with van der Waals surface area (Å²) in [6.45, 7) is -0.773. The van der Waals surface area contributed by atoms with Crippen molar-refractivity contribution in [2.24, 2.45) is 69.0 Å². The largest absolute Gasteiger partial charge is 0.745 e. The average Bonchev–Trinajstić information content (AvgIpc) is 1.44. The lowest BCUT2D eigenvalue weighted by atomic mass is 9.64. The van der Waals surface area contributed by atoms with Crippen LogP contribution in [0, 0.1) is 69.0 Å². The second-order valence-corrected chi connectivity index (χ2v) is 42.2. The number of alkyl halides is 32. The molecule has 12 aliphatic rings. The van der Waals surface area contributed by atoms with Crippen LogP contribution in [0.25, 0.3) is 0 Å². The molecule has 8 saturated carbocycles. The molecule has 4 heterocycles. The van der Waals surface area contributed by atoms with Crippen LogP contribution in [0.2, 0.25) is 0 Å². The fourth-order valence-electron chi connectivity index (χ4n) is 22.9. The molecule has 8 bridgehead atoms. The van der Waals surface area contributed by atoms with Gasteiger partial charge in [-0.3, -0.25) is 0 Å². The van der Waals surface area contributed by atoms with Gasteiger partial charge in [0.1, 0.15) is 42.0 Å². The number of ether oxygens (including phenoxy) is 8. The number of halogens is 32. The molecule has 18 unspecified atom stereocenters. The van der Waals surface area contributed by atoms with E-state index in [9.17, 15) is 166 Å². The first-order valence-corrected chi connectivity index (χ1v) is 46.1. The Bertz CT molecular complexity index is 4880. The molecule has 0 N–H and O–H groups in total. The lowest BCUT2D eigenvalue weighted by Gasteiger charge is -2.59. The summed E-state index contributed by atoms with van der Waals surface area (Å²) in [5.74, 6) is -9.18. The highest BCUT2D eigenvalue weighted by Crippen LogP contribution is 2.78. The number of fused-ring (bicyclic) bond motifs is 20. The van der Waals surface area contributed by atoms with Gasteiger partial charge in [-0.25, -0.2) is 25.6 Å². The predicted molar refractivity (Wildman–Crippen MR) is 398 cm³/mol. The topological polar surface area (TPSA) is 188 Å². The van der Waals surface area contributed by atoms with Gasteiger partial charge in [0.05, 0.1) is 50.8 Å². The second kappa shape index (κ2) is 33.7. The molecule has 50 heteroatoms. The Labute approximate surface area is 745 Å². The Kier molecular flexibility index (Phi) is 25.4.